The van der Waals surface area contributed by atoms with Crippen molar-refractivity contribution in [3.8, 4) is 0 Å². The Morgan fingerprint density at radius 3 is 2.65 bits per heavy atom. The highest BCUT2D eigenvalue weighted by atomic mass is 32.2. The lowest BCUT2D eigenvalue weighted by atomic mass is 10.5. The van der Waals surface area contributed by atoms with E-state index in [-0.39, 0.29) is 6.54 Å². The Bertz CT molecular complexity index is 613. The van der Waals surface area contributed by atoms with E-state index in [1.54, 1.807) is 6.08 Å². The molecule has 94 valence electrons. The summed E-state index contributed by atoms with van der Waals surface area (Å²) in [5.74, 6) is 0. The van der Waals surface area contributed by atoms with Crippen LogP contribution in [0.25, 0.3) is 0 Å². The lowest BCUT2D eigenvalue weighted by Gasteiger charge is -2.02. The molecule has 0 unspecified atom stereocenters. The largest absolute Gasteiger partial charge is 0.327 e. The Balaban J connectivity index is 2.94. The quantitative estimate of drug-likeness (QED) is 0.447. The average Bonchev–Trinajstić information content (AvgIpc) is 2.24. The molecular formula is C8H12N4O4S. The minimum absolute atomic E-state index is 0.0120. The molecule has 5 N–H and O–H groups in total. The molecule has 0 amide bonds. The maximum absolute atomic E-state index is 11.6. The minimum Gasteiger partial charge on any atom is -0.327 e. The second-order valence-corrected chi connectivity index (χ2v) is 4.73. The molecule has 1 aromatic rings. The third kappa shape index (κ3) is 3.66. The highest BCUT2D eigenvalue weighted by Gasteiger charge is 2.17. The Kier molecular flexibility index (Phi) is 4.37. The van der Waals surface area contributed by atoms with Crippen LogP contribution in [0.3, 0.4) is 0 Å². The van der Waals surface area contributed by atoms with Crippen molar-refractivity contribution in [3.63, 3.8) is 0 Å². The van der Waals surface area contributed by atoms with E-state index in [4.69, 9.17) is 5.73 Å². The van der Waals surface area contributed by atoms with Gasteiger partial charge in [-0.2, -0.15) is 0 Å². The van der Waals surface area contributed by atoms with Gasteiger partial charge >= 0.3 is 5.69 Å². The highest BCUT2D eigenvalue weighted by Crippen LogP contribution is 1.96. The van der Waals surface area contributed by atoms with Crippen molar-refractivity contribution < 1.29 is 8.42 Å². The second kappa shape index (κ2) is 5.57. The fraction of sp³-hybridized carbons (Fsp3) is 0.250. The standard InChI is InChI=1S/C8H12N4O4S/c9-3-1-2-4-11-17(15,16)6-5-10-8(14)12-7(6)13/h1-2,5,11H,3-4,9H2,(H2,10,12,13,14)/b2-1+. The predicted molar refractivity (Wildman–Crippen MR) is 61.1 cm³/mol. The Morgan fingerprint density at radius 2 is 2.06 bits per heavy atom. The van der Waals surface area contributed by atoms with Gasteiger partial charge in [0.05, 0.1) is 0 Å². The first-order chi connectivity index (χ1) is 7.97. The van der Waals surface area contributed by atoms with Crippen LogP contribution in [-0.4, -0.2) is 31.5 Å². The van der Waals surface area contributed by atoms with Gasteiger partial charge in [-0.25, -0.2) is 17.9 Å². The van der Waals surface area contributed by atoms with E-state index in [1.165, 1.54) is 6.08 Å². The fourth-order valence-corrected chi connectivity index (χ4v) is 1.99. The average molecular weight is 260 g/mol. The van der Waals surface area contributed by atoms with Crippen LogP contribution >= 0.6 is 0 Å². The van der Waals surface area contributed by atoms with Crippen LogP contribution in [-0.2, 0) is 10.0 Å². The summed E-state index contributed by atoms with van der Waals surface area (Å²) in [5.41, 5.74) is 3.44. The number of nitrogens with two attached hydrogens (primary N) is 1. The van der Waals surface area contributed by atoms with E-state index in [9.17, 15) is 18.0 Å². The maximum atomic E-state index is 11.6. The summed E-state index contributed by atoms with van der Waals surface area (Å²) in [5, 5.41) is 0. The van der Waals surface area contributed by atoms with Crippen molar-refractivity contribution >= 4 is 10.0 Å². The van der Waals surface area contributed by atoms with Gasteiger partial charge in [0.2, 0.25) is 10.0 Å². The lowest BCUT2D eigenvalue weighted by molar-refractivity contribution is 0.583. The van der Waals surface area contributed by atoms with Crippen LogP contribution in [0.1, 0.15) is 0 Å². The number of nitrogens with one attached hydrogen (secondary N) is 3. The molecule has 0 spiro atoms. The van der Waals surface area contributed by atoms with Crippen molar-refractivity contribution in [1.29, 1.82) is 0 Å². The molecule has 1 aromatic heterocycles. The van der Waals surface area contributed by atoms with E-state index in [2.05, 4.69) is 9.71 Å². The first kappa shape index (κ1) is 13.4. The molecule has 0 atom stereocenters. The molecule has 17 heavy (non-hydrogen) atoms. The summed E-state index contributed by atoms with van der Waals surface area (Å²) in [4.78, 5) is 25.3. The zero-order valence-electron chi connectivity index (χ0n) is 8.76. The molecular weight excluding hydrogens is 248 g/mol. The van der Waals surface area contributed by atoms with Crippen LogP contribution < -0.4 is 21.7 Å². The zero-order chi connectivity index (χ0) is 12.9. The lowest BCUT2D eigenvalue weighted by Crippen LogP contribution is -2.33. The van der Waals surface area contributed by atoms with Crippen LogP contribution in [0, 0.1) is 0 Å². The van der Waals surface area contributed by atoms with Gasteiger partial charge in [-0.3, -0.25) is 9.78 Å². The van der Waals surface area contributed by atoms with Gasteiger partial charge in [-0.1, -0.05) is 12.2 Å². The smallest absolute Gasteiger partial charge is 0.325 e. The Labute approximate surface area is 96.6 Å². The molecule has 0 bridgehead atoms. The van der Waals surface area contributed by atoms with Gasteiger partial charge in [0, 0.05) is 19.3 Å². The van der Waals surface area contributed by atoms with Gasteiger partial charge in [-0.15, -0.1) is 0 Å². The predicted octanol–water partition coefficient (Wildman–Crippen LogP) is -2.14. The van der Waals surface area contributed by atoms with E-state index in [0.717, 1.165) is 6.20 Å². The molecule has 0 saturated carbocycles. The van der Waals surface area contributed by atoms with E-state index >= 15 is 0 Å². The third-order valence-electron chi connectivity index (χ3n) is 1.77. The van der Waals surface area contributed by atoms with Crippen molar-refractivity contribution in [3.05, 3.63) is 39.2 Å². The molecule has 0 aliphatic carbocycles. The first-order valence-corrected chi connectivity index (χ1v) is 6.12. The number of H-pyrrole nitrogens is 2. The normalized spacial score (nSPS) is 12.1. The summed E-state index contributed by atoms with van der Waals surface area (Å²) in [6.45, 7) is 0.305. The Hall–Kier alpha value is -1.71. The number of sulfonamides is 1. The summed E-state index contributed by atoms with van der Waals surface area (Å²) in [6.07, 6.45) is 3.92. The van der Waals surface area contributed by atoms with Crippen molar-refractivity contribution in [2.24, 2.45) is 5.73 Å². The molecule has 0 radical (unpaired) electrons. The molecule has 0 saturated heterocycles. The molecule has 9 heteroatoms. The number of aromatic nitrogens is 2. The number of aromatic amines is 2. The molecule has 0 aliphatic heterocycles. The molecule has 1 rings (SSSR count). The third-order valence-corrected chi connectivity index (χ3v) is 3.20. The van der Waals surface area contributed by atoms with Gasteiger partial charge in [0.15, 0.2) is 4.90 Å². The highest BCUT2D eigenvalue weighted by molar-refractivity contribution is 7.89. The fourth-order valence-electron chi connectivity index (χ4n) is 1.01. The molecule has 0 fully saturated rings. The first-order valence-electron chi connectivity index (χ1n) is 4.64. The molecule has 0 aliphatic rings. The summed E-state index contributed by atoms with van der Waals surface area (Å²) >= 11 is 0. The maximum Gasteiger partial charge on any atom is 0.325 e. The van der Waals surface area contributed by atoms with Crippen LogP contribution in [0.15, 0.2) is 32.8 Å². The van der Waals surface area contributed by atoms with Gasteiger partial charge in [-0.05, 0) is 0 Å². The van der Waals surface area contributed by atoms with Crippen molar-refractivity contribution in [2.45, 2.75) is 4.90 Å². The van der Waals surface area contributed by atoms with Crippen LogP contribution in [0.2, 0.25) is 0 Å². The van der Waals surface area contributed by atoms with Gasteiger partial charge in [0.1, 0.15) is 0 Å². The van der Waals surface area contributed by atoms with Crippen LogP contribution in [0.4, 0.5) is 0 Å². The molecule has 1 heterocycles. The number of rotatable bonds is 5. The van der Waals surface area contributed by atoms with Crippen molar-refractivity contribution in [1.82, 2.24) is 14.7 Å². The molecule has 8 nitrogen and oxygen atoms in total. The minimum atomic E-state index is -3.94. The van der Waals surface area contributed by atoms with Gasteiger partial charge < -0.3 is 10.7 Å². The summed E-state index contributed by atoms with van der Waals surface area (Å²) < 4.78 is 25.4. The number of hydrogen-bond acceptors (Lipinski definition) is 5. The molecule has 0 aromatic carbocycles. The SMILES string of the molecule is NC/C=C/CNS(=O)(=O)c1c[nH]c(=O)[nH]c1=O. The Morgan fingerprint density at radius 1 is 1.35 bits per heavy atom. The monoisotopic (exact) mass is 260 g/mol. The van der Waals surface area contributed by atoms with E-state index in [0.29, 0.717) is 6.54 Å². The number of hydrogen-bond donors (Lipinski definition) is 4. The van der Waals surface area contributed by atoms with E-state index in [1.807, 2.05) is 4.98 Å². The summed E-state index contributed by atoms with van der Waals surface area (Å²) in [6, 6.07) is 0. The van der Waals surface area contributed by atoms with Gasteiger partial charge in [0.25, 0.3) is 5.56 Å². The second-order valence-electron chi connectivity index (χ2n) is 3.00. The zero-order valence-corrected chi connectivity index (χ0v) is 9.58. The van der Waals surface area contributed by atoms with Crippen LogP contribution in [0.5, 0.6) is 0 Å². The van der Waals surface area contributed by atoms with E-state index < -0.39 is 26.2 Å². The topological polar surface area (TPSA) is 138 Å². The summed E-state index contributed by atoms with van der Waals surface area (Å²) in [7, 11) is -3.94. The van der Waals surface area contributed by atoms with Crippen molar-refractivity contribution in [2.75, 3.05) is 13.1 Å².